The molecule has 3 aromatic rings. The van der Waals surface area contributed by atoms with Gasteiger partial charge >= 0.3 is 0 Å². The van der Waals surface area contributed by atoms with Crippen molar-refractivity contribution in [2.45, 2.75) is 19.5 Å². The van der Waals surface area contributed by atoms with Crippen LogP contribution in [0.25, 0.3) is 0 Å². The molecule has 2 aromatic heterocycles. The number of benzene rings is 1. The molecular weight excluding hydrogens is 428 g/mol. The molecule has 1 aromatic carbocycles. The van der Waals surface area contributed by atoms with Crippen LogP contribution in [-0.4, -0.2) is 55.2 Å². The van der Waals surface area contributed by atoms with Gasteiger partial charge in [0.05, 0.1) is 12.8 Å². The van der Waals surface area contributed by atoms with E-state index in [0.29, 0.717) is 24.0 Å². The minimum Gasteiger partial charge on any atom is -0.353 e. The maximum Gasteiger partial charge on any atom is 0.233 e. The molecule has 0 radical (unpaired) electrons. The first kappa shape index (κ1) is 21.9. The van der Waals surface area contributed by atoms with Crippen LogP contribution in [0.2, 0.25) is 0 Å². The lowest BCUT2D eigenvalue weighted by Gasteiger charge is -2.22. The second kappa shape index (κ2) is 9.05. The number of rotatable bonds is 7. The highest BCUT2D eigenvalue weighted by molar-refractivity contribution is 7.92. The molecule has 32 heavy (non-hydrogen) atoms. The second-order valence-corrected chi connectivity index (χ2v) is 9.70. The van der Waals surface area contributed by atoms with Crippen LogP contribution >= 0.6 is 0 Å². The van der Waals surface area contributed by atoms with Crippen LogP contribution in [0.4, 0.5) is 23.3 Å². The van der Waals surface area contributed by atoms with Crippen LogP contribution in [0.1, 0.15) is 16.8 Å². The third-order valence-corrected chi connectivity index (χ3v) is 6.48. The van der Waals surface area contributed by atoms with Crippen LogP contribution in [0.15, 0.2) is 42.9 Å². The number of aromatic nitrogens is 4. The third-order valence-electron chi connectivity index (χ3n) is 5.32. The Hall–Kier alpha value is -3.31. The summed E-state index contributed by atoms with van der Waals surface area (Å²) in [6, 6.07) is 8.08. The third kappa shape index (κ3) is 4.94. The van der Waals surface area contributed by atoms with E-state index in [2.05, 4.69) is 42.7 Å². The van der Waals surface area contributed by atoms with Crippen molar-refractivity contribution in [3.8, 4) is 0 Å². The maximum absolute atomic E-state index is 12.0. The zero-order chi connectivity index (χ0) is 22.7. The predicted octanol–water partition coefficient (Wildman–Crippen LogP) is 1.69. The Morgan fingerprint density at radius 3 is 2.69 bits per heavy atom. The van der Waals surface area contributed by atoms with E-state index >= 15 is 0 Å². The first-order chi connectivity index (χ1) is 15.3. The summed E-state index contributed by atoms with van der Waals surface area (Å²) in [5.74, 6) is 1.44. The molecule has 0 saturated carbocycles. The molecule has 2 N–H and O–H groups in total. The Bertz CT molecular complexity index is 1220. The van der Waals surface area contributed by atoms with Gasteiger partial charge in [-0.25, -0.2) is 18.4 Å². The minimum atomic E-state index is -3.45. The molecular formula is C21H26N8O2S. The van der Waals surface area contributed by atoms with Crippen molar-refractivity contribution < 1.29 is 8.42 Å². The Morgan fingerprint density at radius 2 is 1.88 bits per heavy atom. The van der Waals surface area contributed by atoms with Crippen molar-refractivity contribution in [1.29, 1.82) is 0 Å². The molecule has 0 aliphatic carbocycles. The Labute approximate surface area is 187 Å². The topological polar surface area (TPSA) is 116 Å². The molecule has 0 atom stereocenters. The lowest BCUT2D eigenvalue weighted by molar-refractivity contribution is 0.599. The van der Waals surface area contributed by atoms with Crippen molar-refractivity contribution in [1.82, 2.24) is 25.3 Å². The van der Waals surface area contributed by atoms with Crippen molar-refractivity contribution >= 4 is 33.3 Å². The van der Waals surface area contributed by atoms with Crippen LogP contribution < -0.4 is 19.8 Å². The van der Waals surface area contributed by atoms with Gasteiger partial charge in [0.15, 0.2) is 5.82 Å². The Morgan fingerprint density at radius 1 is 1.06 bits per heavy atom. The highest BCUT2D eigenvalue weighted by atomic mass is 32.2. The van der Waals surface area contributed by atoms with E-state index < -0.39 is 10.0 Å². The highest BCUT2D eigenvalue weighted by Crippen LogP contribution is 2.23. The first-order valence-corrected chi connectivity index (χ1v) is 12.0. The molecule has 4 rings (SSSR count). The zero-order valence-electron chi connectivity index (χ0n) is 18.3. The monoisotopic (exact) mass is 454 g/mol. The van der Waals surface area contributed by atoms with Crippen molar-refractivity contribution in [2.24, 2.45) is 0 Å². The van der Waals surface area contributed by atoms with E-state index in [-0.39, 0.29) is 5.82 Å². The summed E-state index contributed by atoms with van der Waals surface area (Å²) in [4.78, 5) is 19.4. The van der Waals surface area contributed by atoms with Crippen molar-refractivity contribution in [2.75, 3.05) is 41.4 Å². The summed E-state index contributed by atoms with van der Waals surface area (Å²) < 4.78 is 25.0. The number of hydrogen-bond acceptors (Lipinski definition) is 9. The summed E-state index contributed by atoms with van der Waals surface area (Å²) in [6.07, 6.45) is 6.83. The summed E-state index contributed by atoms with van der Waals surface area (Å²) in [6.45, 7) is 2.20. The summed E-state index contributed by atoms with van der Waals surface area (Å²) in [5, 5.41) is 6.65. The first-order valence-electron chi connectivity index (χ1n) is 10.2. The standard InChI is InChI=1S/C21H26N8O2S/c1-28(14-18-20(24-11-10-23-18)29(2)32(3,30)31)19-7-9-25-21(27-19)26-17-5-4-16-13-22-8-6-15(16)12-17/h4-5,7,9-12,22H,6,8,13-14H2,1-3H3,(H,25,26,27). The smallest absolute Gasteiger partial charge is 0.233 e. The number of sulfonamides is 1. The predicted molar refractivity (Wildman–Crippen MR) is 125 cm³/mol. The van der Waals surface area contributed by atoms with Gasteiger partial charge in [0.2, 0.25) is 16.0 Å². The summed E-state index contributed by atoms with van der Waals surface area (Å²) >= 11 is 0. The van der Waals surface area contributed by atoms with Crippen LogP contribution in [0, 0.1) is 0 Å². The molecule has 10 nitrogen and oxygen atoms in total. The molecule has 1 aliphatic heterocycles. The van der Waals surface area contributed by atoms with Crippen LogP contribution in [0.5, 0.6) is 0 Å². The lowest BCUT2D eigenvalue weighted by Crippen LogP contribution is -2.29. The zero-order valence-corrected chi connectivity index (χ0v) is 19.1. The van der Waals surface area contributed by atoms with Crippen LogP contribution in [-0.2, 0) is 29.5 Å². The molecule has 0 unspecified atom stereocenters. The van der Waals surface area contributed by atoms with E-state index in [1.165, 1.54) is 24.4 Å². The van der Waals surface area contributed by atoms with Gasteiger partial charge in [-0.15, -0.1) is 0 Å². The molecule has 0 amide bonds. The largest absolute Gasteiger partial charge is 0.353 e. The number of fused-ring (bicyclic) bond motifs is 1. The van der Waals surface area contributed by atoms with Gasteiger partial charge in [0, 0.05) is 44.9 Å². The number of anilines is 4. The fourth-order valence-electron chi connectivity index (χ4n) is 3.50. The average Bonchev–Trinajstić information content (AvgIpc) is 2.78. The van der Waals surface area contributed by atoms with Crippen molar-refractivity contribution in [3.63, 3.8) is 0 Å². The van der Waals surface area contributed by atoms with Gasteiger partial charge in [-0.1, -0.05) is 6.07 Å². The molecule has 0 fully saturated rings. The fraction of sp³-hybridized carbons (Fsp3) is 0.333. The minimum absolute atomic E-state index is 0.290. The number of nitrogens with zero attached hydrogens (tertiary/aromatic N) is 6. The normalized spacial score (nSPS) is 13.3. The van der Waals surface area contributed by atoms with E-state index in [0.717, 1.165) is 35.8 Å². The SMILES string of the molecule is CN(Cc1nccnc1N(C)S(C)(=O)=O)c1ccnc(Nc2ccc3c(c2)CCNC3)n1. The Kier molecular flexibility index (Phi) is 6.19. The van der Waals surface area contributed by atoms with Gasteiger partial charge in [0.25, 0.3) is 0 Å². The molecule has 11 heteroatoms. The van der Waals surface area contributed by atoms with Gasteiger partial charge in [-0.3, -0.25) is 9.29 Å². The quantitative estimate of drug-likeness (QED) is 0.550. The van der Waals surface area contributed by atoms with Crippen LogP contribution in [0.3, 0.4) is 0 Å². The van der Waals surface area contributed by atoms with E-state index in [1.807, 2.05) is 18.0 Å². The fourth-order valence-corrected chi connectivity index (χ4v) is 3.97. The molecule has 3 heterocycles. The van der Waals surface area contributed by atoms with E-state index in [4.69, 9.17) is 0 Å². The van der Waals surface area contributed by atoms with Crippen molar-refractivity contribution in [3.05, 3.63) is 59.7 Å². The van der Waals surface area contributed by atoms with E-state index in [9.17, 15) is 8.42 Å². The molecule has 0 bridgehead atoms. The van der Waals surface area contributed by atoms with Gasteiger partial charge in [0.1, 0.15) is 11.5 Å². The molecule has 168 valence electrons. The van der Waals surface area contributed by atoms with Gasteiger partial charge in [-0.2, -0.15) is 4.98 Å². The Balaban J connectivity index is 1.52. The summed E-state index contributed by atoms with van der Waals surface area (Å²) in [5.41, 5.74) is 4.11. The number of hydrogen-bond donors (Lipinski definition) is 2. The molecule has 1 aliphatic rings. The lowest BCUT2D eigenvalue weighted by atomic mass is 10.0. The average molecular weight is 455 g/mol. The number of nitrogens with one attached hydrogen (secondary N) is 2. The molecule has 0 saturated heterocycles. The highest BCUT2D eigenvalue weighted by Gasteiger charge is 2.19. The maximum atomic E-state index is 12.0. The van der Waals surface area contributed by atoms with E-state index in [1.54, 1.807) is 18.5 Å². The molecule has 0 spiro atoms. The van der Waals surface area contributed by atoms with Gasteiger partial charge < -0.3 is 15.5 Å². The second-order valence-electron chi connectivity index (χ2n) is 7.69. The summed E-state index contributed by atoms with van der Waals surface area (Å²) in [7, 11) is -0.134. The van der Waals surface area contributed by atoms with Gasteiger partial charge in [-0.05, 0) is 42.3 Å².